The van der Waals surface area contributed by atoms with Crippen LogP contribution in [-0.4, -0.2) is 38.8 Å². The number of ether oxygens (including phenoxy) is 1. The van der Waals surface area contributed by atoms with E-state index >= 15 is 0 Å². The van der Waals surface area contributed by atoms with E-state index in [1.54, 1.807) is 0 Å². The number of amides is 1. The number of rotatable bonds is 6. The normalized spacial score (nSPS) is 15.8. The molecule has 0 aromatic heterocycles. The summed E-state index contributed by atoms with van der Waals surface area (Å²) in [6, 6.07) is 9.38. The number of halogens is 1. The molecule has 0 radical (unpaired) electrons. The van der Waals surface area contributed by atoms with Crippen LogP contribution in [0.15, 0.2) is 41.3 Å². The molecule has 1 heterocycles. The van der Waals surface area contributed by atoms with Crippen LogP contribution >= 0.6 is 0 Å². The van der Waals surface area contributed by atoms with Crippen LogP contribution in [0.4, 0.5) is 10.1 Å². The van der Waals surface area contributed by atoms with Crippen LogP contribution < -0.4 is 10.1 Å². The molecule has 1 N–H and O–H groups in total. The summed E-state index contributed by atoms with van der Waals surface area (Å²) in [4.78, 5) is 12.7. The van der Waals surface area contributed by atoms with Gasteiger partial charge >= 0.3 is 0 Å². The maximum Gasteiger partial charge on any atom is 0.246 e. The van der Waals surface area contributed by atoms with Crippen molar-refractivity contribution in [1.82, 2.24) is 4.31 Å². The smallest absolute Gasteiger partial charge is 0.246 e. The zero-order valence-corrected chi connectivity index (χ0v) is 19.1. The Morgan fingerprint density at radius 1 is 1.19 bits per heavy atom. The van der Waals surface area contributed by atoms with Crippen LogP contribution in [0.5, 0.6) is 5.75 Å². The van der Waals surface area contributed by atoms with Crippen molar-refractivity contribution < 1.29 is 22.3 Å². The summed E-state index contributed by atoms with van der Waals surface area (Å²) in [5.74, 6) is -0.671. The number of nitrogens with zero attached hydrogens (tertiary/aromatic N) is 1. The lowest BCUT2D eigenvalue weighted by Gasteiger charge is -2.31. The third kappa shape index (κ3) is 4.91. The second-order valence-corrected chi connectivity index (χ2v) is 10.1. The van der Waals surface area contributed by atoms with Crippen molar-refractivity contribution >= 4 is 21.6 Å². The van der Waals surface area contributed by atoms with E-state index in [0.29, 0.717) is 12.8 Å². The van der Waals surface area contributed by atoms with Gasteiger partial charge in [0.25, 0.3) is 0 Å². The molecule has 1 aliphatic heterocycles. The van der Waals surface area contributed by atoms with Gasteiger partial charge < -0.3 is 10.1 Å². The van der Waals surface area contributed by atoms with E-state index in [1.165, 1.54) is 17.5 Å². The lowest BCUT2D eigenvalue weighted by atomic mass is 9.95. The highest BCUT2D eigenvalue weighted by Crippen LogP contribution is 2.32. The maximum atomic E-state index is 13.7. The van der Waals surface area contributed by atoms with Crippen LogP contribution in [0.3, 0.4) is 0 Å². The molecule has 2 aromatic rings. The number of para-hydroxylation sites is 1. The van der Waals surface area contributed by atoms with Gasteiger partial charge in [0.15, 0.2) is 0 Å². The maximum absolute atomic E-state index is 13.7. The molecule has 0 spiro atoms. The van der Waals surface area contributed by atoms with Gasteiger partial charge in [-0.15, -0.1) is 0 Å². The van der Waals surface area contributed by atoms with Gasteiger partial charge in [-0.05, 0) is 55.0 Å². The highest BCUT2D eigenvalue weighted by Gasteiger charge is 2.34. The number of anilines is 1. The van der Waals surface area contributed by atoms with E-state index < -0.39 is 15.8 Å². The van der Waals surface area contributed by atoms with Crippen LogP contribution in [0.2, 0.25) is 0 Å². The number of carbonyl (C=O) groups excluding carboxylic acids is 1. The molecule has 8 heteroatoms. The average Bonchev–Trinajstić information content (AvgIpc) is 2.75. The Morgan fingerprint density at radius 3 is 2.48 bits per heavy atom. The predicted molar refractivity (Wildman–Crippen MR) is 118 cm³/mol. The molecule has 0 unspecified atom stereocenters. The Bertz CT molecular complexity index is 1060. The van der Waals surface area contributed by atoms with Crippen LogP contribution in [0.1, 0.15) is 43.7 Å². The van der Waals surface area contributed by atoms with Gasteiger partial charge in [0.2, 0.25) is 15.9 Å². The first-order chi connectivity index (χ1) is 14.6. The molecule has 0 saturated carbocycles. The minimum Gasteiger partial charge on any atom is -0.495 e. The van der Waals surface area contributed by atoms with Crippen molar-refractivity contribution in [3.05, 3.63) is 53.3 Å². The fraction of sp³-hybridized carbons (Fsp3) is 0.435. The minimum absolute atomic E-state index is 0.0991. The number of hydrogen-bond donors (Lipinski definition) is 1. The molecule has 1 aliphatic rings. The van der Waals surface area contributed by atoms with Crippen molar-refractivity contribution in [1.29, 1.82) is 0 Å². The van der Waals surface area contributed by atoms with Gasteiger partial charge in [-0.1, -0.05) is 32.0 Å². The summed E-state index contributed by atoms with van der Waals surface area (Å²) in [7, 11) is -2.58. The predicted octanol–water partition coefficient (Wildman–Crippen LogP) is 4.31. The van der Waals surface area contributed by atoms with Crippen molar-refractivity contribution in [3.63, 3.8) is 0 Å². The van der Waals surface area contributed by atoms with Crippen LogP contribution in [-0.2, 0) is 14.8 Å². The summed E-state index contributed by atoms with van der Waals surface area (Å²) in [5.41, 5.74) is 2.91. The quantitative estimate of drug-likeness (QED) is 0.715. The number of benzene rings is 2. The molecule has 31 heavy (non-hydrogen) atoms. The van der Waals surface area contributed by atoms with E-state index in [2.05, 4.69) is 19.2 Å². The van der Waals surface area contributed by atoms with E-state index in [9.17, 15) is 17.6 Å². The van der Waals surface area contributed by atoms with E-state index in [4.69, 9.17) is 4.74 Å². The average molecular weight is 449 g/mol. The minimum atomic E-state index is -3.92. The van der Waals surface area contributed by atoms with Gasteiger partial charge in [-0.3, -0.25) is 4.79 Å². The number of piperidine rings is 1. The third-order valence-electron chi connectivity index (χ3n) is 5.74. The van der Waals surface area contributed by atoms with Gasteiger partial charge in [0.05, 0.1) is 7.11 Å². The highest BCUT2D eigenvalue weighted by molar-refractivity contribution is 7.89. The van der Waals surface area contributed by atoms with E-state index in [0.717, 1.165) is 28.9 Å². The van der Waals surface area contributed by atoms with Crippen molar-refractivity contribution in [2.24, 2.45) is 5.92 Å². The Labute approximate surface area is 183 Å². The third-order valence-corrected chi connectivity index (χ3v) is 7.66. The summed E-state index contributed by atoms with van der Waals surface area (Å²) in [5, 5.41) is 3.06. The van der Waals surface area contributed by atoms with Crippen LogP contribution in [0, 0.1) is 18.7 Å². The number of aryl methyl sites for hydroxylation is 1. The fourth-order valence-corrected chi connectivity index (χ4v) is 5.55. The number of nitrogens with one attached hydrogen (secondary N) is 1. The highest BCUT2D eigenvalue weighted by atomic mass is 32.2. The summed E-state index contributed by atoms with van der Waals surface area (Å²) in [6.45, 7) is 6.49. The van der Waals surface area contributed by atoms with Gasteiger partial charge in [0.1, 0.15) is 16.5 Å². The zero-order valence-electron chi connectivity index (χ0n) is 18.3. The molecule has 168 valence electrons. The molecule has 1 fully saturated rings. The first-order valence-corrected chi connectivity index (χ1v) is 11.8. The molecular formula is C23H29FN2O4S. The summed E-state index contributed by atoms with van der Waals surface area (Å²) < 4.78 is 46.1. The first-order valence-electron chi connectivity index (χ1n) is 10.4. The largest absolute Gasteiger partial charge is 0.495 e. The molecule has 2 aromatic carbocycles. The number of carbonyl (C=O) groups is 1. The molecule has 3 rings (SSSR count). The zero-order chi connectivity index (χ0) is 22.8. The number of hydrogen-bond acceptors (Lipinski definition) is 4. The summed E-state index contributed by atoms with van der Waals surface area (Å²) in [6.07, 6.45) is 0.789. The summed E-state index contributed by atoms with van der Waals surface area (Å²) >= 11 is 0. The van der Waals surface area contributed by atoms with Gasteiger partial charge in [-0.25, -0.2) is 12.8 Å². The Hall–Kier alpha value is -2.45. The SMILES string of the molecule is COc1ccc(F)cc1S(=O)(=O)N1CCC(C(=O)Nc2c(C)cccc2C(C)C)CC1. The van der Waals surface area contributed by atoms with Gasteiger partial charge in [-0.2, -0.15) is 4.31 Å². The van der Waals surface area contributed by atoms with Gasteiger partial charge in [0, 0.05) is 24.7 Å². The lowest BCUT2D eigenvalue weighted by molar-refractivity contribution is -0.120. The van der Waals surface area contributed by atoms with Crippen molar-refractivity contribution in [2.75, 3.05) is 25.5 Å². The topological polar surface area (TPSA) is 75.7 Å². The molecule has 6 nitrogen and oxygen atoms in total. The number of sulfonamides is 1. The molecule has 1 saturated heterocycles. The Morgan fingerprint density at radius 2 is 1.87 bits per heavy atom. The second kappa shape index (κ2) is 9.36. The fourth-order valence-electron chi connectivity index (χ4n) is 3.92. The molecular weight excluding hydrogens is 419 g/mol. The number of methoxy groups -OCH3 is 1. The molecule has 0 atom stereocenters. The monoisotopic (exact) mass is 448 g/mol. The molecule has 0 bridgehead atoms. The first kappa shape index (κ1) is 23.2. The van der Waals surface area contributed by atoms with Crippen LogP contribution in [0.25, 0.3) is 0 Å². The lowest BCUT2D eigenvalue weighted by Crippen LogP contribution is -2.41. The Balaban J connectivity index is 1.72. The molecule has 1 amide bonds. The standard InChI is InChI=1S/C23H29FN2O4S/c1-15(2)19-7-5-6-16(3)22(19)25-23(27)17-10-12-26(13-11-17)31(28,29)21-14-18(24)8-9-20(21)30-4/h5-9,14-15,17H,10-13H2,1-4H3,(H,25,27). The van der Waals surface area contributed by atoms with E-state index in [1.807, 2.05) is 25.1 Å². The second-order valence-electron chi connectivity index (χ2n) is 8.16. The van der Waals surface area contributed by atoms with E-state index in [-0.39, 0.29) is 41.5 Å². The molecule has 0 aliphatic carbocycles. The van der Waals surface area contributed by atoms with Crippen molar-refractivity contribution in [3.8, 4) is 5.75 Å². The Kier molecular flexibility index (Phi) is 7.01. The van der Waals surface area contributed by atoms with Crippen molar-refractivity contribution in [2.45, 2.75) is 44.4 Å².